The highest BCUT2D eigenvalue weighted by Crippen LogP contribution is 2.24. The van der Waals surface area contributed by atoms with Gasteiger partial charge in [0, 0.05) is 23.9 Å². The number of benzene rings is 1. The smallest absolute Gasteiger partial charge is 0.185 e. The zero-order chi connectivity index (χ0) is 14.4. The summed E-state index contributed by atoms with van der Waals surface area (Å²) in [6.45, 7) is 1.24. The number of nitrogen functional groups attached to an aromatic ring is 1. The van der Waals surface area contributed by atoms with E-state index in [4.69, 9.17) is 10.8 Å². The van der Waals surface area contributed by atoms with Crippen molar-refractivity contribution in [2.45, 2.75) is 32.2 Å². The van der Waals surface area contributed by atoms with Crippen LogP contribution in [0.2, 0.25) is 0 Å². The summed E-state index contributed by atoms with van der Waals surface area (Å²) < 4.78 is 0. The van der Waals surface area contributed by atoms with Crippen LogP contribution in [0.4, 0.5) is 5.69 Å². The number of hydrogen-bond donors (Lipinski definition) is 4. The van der Waals surface area contributed by atoms with Crippen molar-refractivity contribution in [2.24, 2.45) is 0 Å². The number of carbonyl (C=O) groups is 1. The molecule has 5 N–H and O–H groups in total. The lowest BCUT2D eigenvalue weighted by molar-refractivity contribution is -0.109. The fraction of sp³-hybridized carbons (Fsp3) is 0.462. The van der Waals surface area contributed by atoms with Crippen molar-refractivity contribution in [1.29, 1.82) is 0 Å². The molecule has 0 saturated heterocycles. The van der Waals surface area contributed by atoms with Gasteiger partial charge in [0.2, 0.25) is 0 Å². The molecule has 0 heterocycles. The first-order chi connectivity index (χ1) is 8.95. The van der Waals surface area contributed by atoms with Crippen molar-refractivity contribution in [3.63, 3.8) is 0 Å². The molecule has 0 aliphatic carbocycles. The minimum absolute atomic E-state index is 0.0169. The highest BCUT2D eigenvalue weighted by atomic mass is 32.2. The molecule has 5 nitrogen and oxygen atoms in total. The van der Waals surface area contributed by atoms with Crippen LogP contribution in [-0.4, -0.2) is 32.3 Å². The number of hydrogen-bond acceptors (Lipinski definition) is 6. The molecule has 19 heavy (non-hydrogen) atoms. The van der Waals surface area contributed by atoms with E-state index in [1.54, 1.807) is 18.2 Å². The molecule has 0 saturated carbocycles. The molecule has 1 rings (SSSR count). The van der Waals surface area contributed by atoms with Crippen LogP contribution < -0.4 is 5.73 Å². The summed E-state index contributed by atoms with van der Waals surface area (Å²) >= 11 is 1.11. The van der Waals surface area contributed by atoms with Crippen LogP contribution in [0.25, 0.3) is 0 Å². The van der Waals surface area contributed by atoms with E-state index >= 15 is 0 Å². The topological polar surface area (TPSA) is 104 Å². The van der Waals surface area contributed by atoms with Gasteiger partial charge in [0.25, 0.3) is 0 Å². The first-order valence-corrected chi connectivity index (χ1v) is 6.93. The first-order valence-electron chi connectivity index (χ1n) is 5.94. The predicted octanol–water partition coefficient (Wildman–Crippen LogP) is 0.825. The molecule has 2 atom stereocenters. The van der Waals surface area contributed by atoms with Gasteiger partial charge in [-0.1, -0.05) is 17.8 Å². The van der Waals surface area contributed by atoms with Crippen LogP contribution >= 0.6 is 11.8 Å². The van der Waals surface area contributed by atoms with Gasteiger partial charge in [-0.2, -0.15) is 0 Å². The average Bonchev–Trinajstić information content (AvgIpc) is 2.38. The van der Waals surface area contributed by atoms with E-state index < -0.39 is 12.2 Å². The van der Waals surface area contributed by atoms with E-state index in [-0.39, 0.29) is 11.7 Å². The summed E-state index contributed by atoms with van der Waals surface area (Å²) in [6.07, 6.45) is -1.70. The zero-order valence-corrected chi connectivity index (χ0v) is 11.6. The number of aliphatic hydroxyl groups excluding tert-OH is 3. The predicted molar refractivity (Wildman–Crippen MR) is 75.5 cm³/mol. The monoisotopic (exact) mass is 285 g/mol. The second-order valence-electron chi connectivity index (χ2n) is 4.26. The van der Waals surface area contributed by atoms with E-state index in [0.717, 1.165) is 11.8 Å². The van der Waals surface area contributed by atoms with Crippen LogP contribution in [-0.2, 0) is 11.4 Å². The van der Waals surface area contributed by atoms with Crippen molar-refractivity contribution < 1.29 is 20.1 Å². The van der Waals surface area contributed by atoms with Gasteiger partial charge < -0.3 is 21.1 Å². The Balaban J connectivity index is 2.65. The molecule has 0 aliphatic heterocycles. The van der Waals surface area contributed by atoms with E-state index in [1.165, 1.54) is 6.92 Å². The molecular weight excluding hydrogens is 266 g/mol. The lowest BCUT2D eigenvalue weighted by Crippen LogP contribution is -2.19. The summed E-state index contributed by atoms with van der Waals surface area (Å²) in [5, 5.41) is 28.9. The van der Waals surface area contributed by atoms with Crippen LogP contribution in [0.3, 0.4) is 0 Å². The lowest BCUT2D eigenvalue weighted by atomic mass is 10.00. The molecule has 0 amide bonds. The van der Waals surface area contributed by atoms with Gasteiger partial charge in [0.1, 0.15) is 6.10 Å². The largest absolute Gasteiger partial charge is 0.398 e. The maximum atomic E-state index is 10.8. The Labute approximate surface area is 116 Å². The van der Waals surface area contributed by atoms with Gasteiger partial charge in [-0.25, -0.2) is 0 Å². The maximum Gasteiger partial charge on any atom is 0.185 e. The normalized spacial score (nSPS) is 14.1. The Morgan fingerprint density at radius 3 is 2.68 bits per heavy atom. The Hall–Kier alpha value is -1.08. The van der Waals surface area contributed by atoms with E-state index in [9.17, 15) is 15.0 Å². The second-order valence-corrected chi connectivity index (χ2v) is 5.53. The standard InChI is InChI=1S/C13H19NO4S/c1-8(16)19-5-4-12(17)13(18)9-2-3-11(14)10(6-9)7-15/h2-3,6,12-13,15,17-18H,4-5,7,14H2,1H3. The third-order valence-electron chi connectivity index (χ3n) is 2.76. The van der Waals surface area contributed by atoms with Crippen molar-refractivity contribution in [3.05, 3.63) is 29.3 Å². The van der Waals surface area contributed by atoms with Gasteiger partial charge in [-0.3, -0.25) is 4.79 Å². The molecule has 2 unspecified atom stereocenters. The van der Waals surface area contributed by atoms with E-state index in [0.29, 0.717) is 29.0 Å². The van der Waals surface area contributed by atoms with E-state index in [1.807, 2.05) is 0 Å². The summed E-state index contributed by atoms with van der Waals surface area (Å²) in [5.41, 5.74) is 7.10. The first kappa shape index (κ1) is 16.0. The average molecular weight is 285 g/mol. The molecule has 0 radical (unpaired) electrons. The van der Waals surface area contributed by atoms with Gasteiger partial charge in [0.05, 0.1) is 12.7 Å². The molecule has 6 heteroatoms. The number of thioether (sulfide) groups is 1. The number of carbonyl (C=O) groups excluding carboxylic acids is 1. The van der Waals surface area contributed by atoms with Crippen LogP contribution in [0, 0.1) is 0 Å². The molecule has 0 aromatic heterocycles. The maximum absolute atomic E-state index is 10.8. The Morgan fingerprint density at radius 1 is 1.42 bits per heavy atom. The van der Waals surface area contributed by atoms with Crippen molar-refractivity contribution >= 4 is 22.6 Å². The molecule has 106 valence electrons. The van der Waals surface area contributed by atoms with Crippen LogP contribution in [0.5, 0.6) is 0 Å². The van der Waals surface area contributed by atoms with Gasteiger partial charge in [0.15, 0.2) is 5.12 Å². The van der Waals surface area contributed by atoms with Crippen LogP contribution in [0.1, 0.15) is 30.6 Å². The molecule has 0 aliphatic rings. The highest BCUT2D eigenvalue weighted by Gasteiger charge is 2.19. The lowest BCUT2D eigenvalue weighted by Gasteiger charge is -2.18. The minimum Gasteiger partial charge on any atom is -0.398 e. The molecule has 0 fully saturated rings. The Bertz CT molecular complexity index is 439. The summed E-state index contributed by atoms with van der Waals surface area (Å²) in [5.74, 6) is 0.454. The highest BCUT2D eigenvalue weighted by molar-refractivity contribution is 8.13. The molecule has 1 aromatic rings. The third kappa shape index (κ3) is 4.83. The minimum atomic E-state index is -1.06. The zero-order valence-electron chi connectivity index (χ0n) is 10.7. The Morgan fingerprint density at radius 2 is 2.11 bits per heavy atom. The van der Waals surface area contributed by atoms with Crippen molar-refractivity contribution in [1.82, 2.24) is 0 Å². The van der Waals surface area contributed by atoms with Crippen molar-refractivity contribution in [3.8, 4) is 0 Å². The van der Waals surface area contributed by atoms with Crippen molar-refractivity contribution in [2.75, 3.05) is 11.5 Å². The van der Waals surface area contributed by atoms with E-state index in [2.05, 4.69) is 0 Å². The molecule has 1 aromatic carbocycles. The quantitative estimate of drug-likeness (QED) is 0.577. The van der Waals surface area contributed by atoms with Gasteiger partial charge >= 0.3 is 0 Å². The van der Waals surface area contributed by atoms with Gasteiger partial charge in [-0.15, -0.1) is 0 Å². The third-order valence-corrected chi connectivity index (χ3v) is 3.61. The molecule has 0 spiro atoms. The number of rotatable bonds is 6. The second kappa shape index (κ2) is 7.49. The fourth-order valence-electron chi connectivity index (χ4n) is 1.65. The summed E-state index contributed by atoms with van der Waals surface area (Å²) in [7, 11) is 0. The van der Waals surface area contributed by atoms with Crippen LogP contribution in [0.15, 0.2) is 18.2 Å². The molecular formula is C13H19NO4S. The number of anilines is 1. The molecule has 0 bridgehead atoms. The Kier molecular flexibility index (Phi) is 6.30. The number of nitrogens with two attached hydrogens (primary N) is 1. The SMILES string of the molecule is CC(=O)SCCC(O)C(O)c1ccc(N)c(CO)c1. The summed E-state index contributed by atoms with van der Waals surface area (Å²) in [4.78, 5) is 10.8. The summed E-state index contributed by atoms with van der Waals surface area (Å²) in [6, 6.07) is 4.77. The fourth-order valence-corrected chi connectivity index (χ4v) is 2.30. The van der Waals surface area contributed by atoms with Gasteiger partial charge in [-0.05, 0) is 24.1 Å². The number of aliphatic hydroxyl groups is 3.